The van der Waals surface area contributed by atoms with E-state index in [4.69, 9.17) is 4.52 Å². The Hall–Kier alpha value is -0.920. The predicted molar refractivity (Wildman–Crippen MR) is 81.6 cm³/mol. The Morgan fingerprint density at radius 1 is 1.48 bits per heavy atom. The highest BCUT2D eigenvalue weighted by Crippen LogP contribution is 2.16. The summed E-state index contributed by atoms with van der Waals surface area (Å²) >= 11 is 0. The molecule has 0 aliphatic carbocycles. The second-order valence-corrected chi connectivity index (χ2v) is 9.05. The van der Waals surface area contributed by atoms with Gasteiger partial charge in [-0.2, -0.15) is 0 Å². The number of nitrogens with one attached hydrogen (secondary N) is 1. The van der Waals surface area contributed by atoms with Gasteiger partial charge >= 0.3 is 0 Å². The molecule has 7 heteroatoms. The summed E-state index contributed by atoms with van der Waals surface area (Å²) in [5.41, 5.74) is 0.909. The lowest BCUT2D eigenvalue weighted by atomic mass is 10.1. The van der Waals surface area contributed by atoms with E-state index in [0.717, 1.165) is 11.5 Å². The van der Waals surface area contributed by atoms with E-state index in [-0.39, 0.29) is 23.1 Å². The van der Waals surface area contributed by atoms with Gasteiger partial charge < -0.3 is 9.84 Å². The first kappa shape index (κ1) is 16.5. The van der Waals surface area contributed by atoms with Crippen molar-refractivity contribution in [2.24, 2.45) is 0 Å². The van der Waals surface area contributed by atoms with Gasteiger partial charge in [0, 0.05) is 30.7 Å². The summed E-state index contributed by atoms with van der Waals surface area (Å²) in [7, 11) is -2.87. The highest BCUT2D eigenvalue weighted by Gasteiger charge is 2.28. The van der Waals surface area contributed by atoms with Crippen LogP contribution in [0, 0.1) is 0 Å². The van der Waals surface area contributed by atoms with Crippen LogP contribution in [-0.2, 0) is 22.9 Å². The molecule has 120 valence electrons. The van der Waals surface area contributed by atoms with Crippen molar-refractivity contribution in [3.05, 3.63) is 17.5 Å². The molecule has 1 atom stereocenters. The van der Waals surface area contributed by atoms with Gasteiger partial charge in [0.15, 0.2) is 15.6 Å². The average Bonchev–Trinajstić information content (AvgIpc) is 2.77. The number of aromatic nitrogens is 1. The van der Waals surface area contributed by atoms with Crippen molar-refractivity contribution >= 4 is 9.84 Å². The van der Waals surface area contributed by atoms with Crippen molar-refractivity contribution in [1.29, 1.82) is 0 Å². The van der Waals surface area contributed by atoms with Gasteiger partial charge in [-0.3, -0.25) is 4.90 Å². The summed E-state index contributed by atoms with van der Waals surface area (Å²) in [5.74, 6) is 1.23. The summed E-state index contributed by atoms with van der Waals surface area (Å²) in [4.78, 5) is 2.13. The summed E-state index contributed by atoms with van der Waals surface area (Å²) in [5, 5.41) is 7.42. The van der Waals surface area contributed by atoms with Crippen LogP contribution >= 0.6 is 0 Å². The van der Waals surface area contributed by atoms with Crippen LogP contribution in [0.5, 0.6) is 0 Å². The van der Waals surface area contributed by atoms with Crippen LogP contribution in [0.4, 0.5) is 0 Å². The zero-order chi connectivity index (χ0) is 15.7. The second kappa shape index (κ2) is 6.06. The van der Waals surface area contributed by atoms with Crippen LogP contribution < -0.4 is 5.32 Å². The molecule has 0 radical (unpaired) electrons. The maximum absolute atomic E-state index is 11.6. The molecule has 1 fully saturated rings. The van der Waals surface area contributed by atoms with E-state index >= 15 is 0 Å². The number of rotatable bonds is 4. The SMILES string of the molecule is CC1CS(=O)(=O)CCN1Cc1cc(CNC(C)(C)C)no1. The minimum atomic E-state index is -2.87. The molecule has 0 amide bonds. The molecule has 1 aromatic rings. The molecular formula is C14H25N3O3S. The quantitative estimate of drug-likeness (QED) is 0.899. The lowest BCUT2D eigenvalue weighted by Gasteiger charge is -2.32. The minimum absolute atomic E-state index is 0.0185. The Morgan fingerprint density at radius 2 is 2.19 bits per heavy atom. The fourth-order valence-corrected chi connectivity index (χ4v) is 3.96. The second-order valence-electron chi connectivity index (χ2n) is 6.82. The molecule has 0 spiro atoms. The Labute approximate surface area is 126 Å². The van der Waals surface area contributed by atoms with Crippen LogP contribution in [0.3, 0.4) is 0 Å². The van der Waals surface area contributed by atoms with E-state index < -0.39 is 9.84 Å². The van der Waals surface area contributed by atoms with Crippen molar-refractivity contribution in [3.8, 4) is 0 Å². The maximum atomic E-state index is 11.6. The summed E-state index contributed by atoms with van der Waals surface area (Å²) in [6, 6.07) is 1.96. The van der Waals surface area contributed by atoms with E-state index in [9.17, 15) is 8.42 Å². The molecule has 1 saturated heterocycles. The minimum Gasteiger partial charge on any atom is -0.360 e. The number of hydrogen-bond donors (Lipinski definition) is 1. The molecule has 1 unspecified atom stereocenters. The first-order valence-corrected chi connectivity index (χ1v) is 9.11. The van der Waals surface area contributed by atoms with E-state index in [2.05, 4.69) is 36.1 Å². The van der Waals surface area contributed by atoms with Crippen LogP contribution in [0.2, 0.25) is 0 Å². The van der Waals surface area contributed by atoms with Gasteiger partial charge in [-0.1, -0.05) is 5.16 Å². The zero-order valence-electron chi connectivity index (χ0n) is 13.2. The monoisotopic (exact) mass is 315 g/mol. The topological polar surface area (TPSA) is 75.4 Å². The lowest BCUT2D eigenvalue weighted by Crippen LogP contribution is -2.46. The smallest absolute Gasteiger partial charge is 0.153 e. The van der Waals surface area contributed by atoms with Crippen LogP contribution in [0.15, 0.2) is 10.6 Å². The Morgan fingerprint density at radius 3 is 2.81 bits per heavy atom. The fraction of sp³-hybridized carbons (Fsp3) is 0.786. The molecule has 2 heterocycles. The summed E-state index contributed by atoms with van der Waals surface area (Å²) in [6.45, 7) is 10.1. The first-order chi connectivity index (χ1) is 9.65. The average molecular weight is 315 g/mol. The summed E-state index contributed by atoms with van der Waals surface area (Å²) in [6.07, 6.45) is 0. The van der Waals surface area contributed by atoms with Crippen LogP contribution in [0.1, 0.15) is 39.1 Å². The molecular weight excluding hydrogens is 290 g/mol. The van der Waals surface area contributed by atoms with Crippen molar-refractivity contribution < 1.29 is 12.9 Å². The Bertz CT molecular complexity index is 575. The summed E-state index contributed by atoms with van der Waals surface area (Å²) < 4.78 is 28.5. The highest BCUT2D eigenvalue weighted by molar-refractivity contribution is 7.91. The number of hydrogen-bond acceptors (Lipinski definition) is 6. The van der Waals surface area contributed by atoms with E-state index in [0.29, 0.717) is 19.6 Å². The van der Waals surface area contributed by atoms with Gasteiger partial charge in [0.05, 0.1) is 23.7 Å². The molecule has 0 aromatic carbocycles. The third-order valence-corrected chi connectivity index (χ3v) is 5.37. The van der Waals surface area contributed by atoms with Crippen molar-refractivity contribution in [1.82, 2.24) is 15.4 Å². The maximum Gasteiger partial charge on any atom is 0.153 e. The molecule has 6 nitrogen and oxygen atoms in total. The largest absolute Gasteiger partial charge is 0.360 e. The van der Waals surface area contributed by atoms with Gasteiger partial charge in [0.1, 0.15) is 0 Å². The van der Waals surface area contributed by atoms with Crippen LogP contribution in [0.25, 0.3) is 0 Å². The van der Waals surface area contributed by atoms with Gasteiger partial charge in [0.2, 0.25) is 0 Å². The third-order valence-electron chi connectivity index (χ3n) is 3.57. The van der Waals surface area contributed by atoms with Gasteiger partial charge in [-0.15, -0.1) is 0 Å². The lowest BCUT2D eigenvalue weighted by molar-refractivity contribution is 0.193. The standard InChI is InChI=1S/C14H25N3O3S/c1-11-10-21(18,19)6-5-17(11)9-13-7-12(16-20-13)8-15-14(2,3)4/h7,11,15H,5-6,8-10H2,1-4H3. The van der Waals surface area contributed by atoms with Gasteiger partial charge in [-0.05, 0) is 27.7 Å². The molecule has 21 heavy (non-hydrogen) atoms. The molecule has 2 rings (SSSR count). The Balaban J connectivity index is 1.91. The molecule has 1 aromatic heterocycles. The van der Waals surface area contributed by atoms with Crippen molar-refractivity contribution in [2.45, 2.75) is 52.4 Å². The van der Waals surface area contributed by atoms with E-state index in [1.54, 1.807) is 0 Å². The third kappa shape index (κ3) is 5.09. The van der Waals surface area contributed by atoms with Crippen molar-refractivity contribution in [2.75, 3.05) is 18.1 Å². The predicted octanol–water partition coefficient (Wildman–Crippen LogP) is 1.18. The van der Waals surface area contributed by atoms with E-state index in [1.165, 1.54) is 0 Å². The first-order valence-electron chi connectivity index (χ1n) is 7.29. The molecule has 0 bridgehead atoms. The van der Waals surface area contributed by atoms with Gasteiger partial charge in [0.25, 0.3) is 0 Å². The van der Waals surface area contributed by atoms with Crippen LogP contribution in [-0.4, -0.2) is 48.1 Å². The fourth-order valence-electron chi connectivity index (χ4n) is 2.34. The van der Waals surface area contributed by atoms with E-state index in [1.807, 2.05) is 13.0 Å². The van der Waals surface area contributed by atoms with Crippen molar-refractivity contribution in [3.63, 3.8) is 0 Å². The molecule has 1 N–H and O–H groups in total. The number of sulfone groups is 1. The van der Waals surface area contributed by atoms with Gasteiger partial charge in [-0.25, -0.2) is 8.42 Å². The normalized spacial score (nSPS) is 23.3. The molecule has 1 aliphatic rings. The molecule has 1 aliphatic heterocycles. The molecule has 0 saturated carbocycles. The number of nitrogens with zero attached hydrogens (tertiary/aromatic N) is 2. The zero-order valence-corrected chi connectivity index (χ0v) is 14.0. The highest BCUT2D eigenvalue weighted by atomic mass is 32.2. The Kier molecular flexibility index (Phi) is 4.75.